The van der Waals surface area contributed by atoms with E-state index in [1.54, 1.807) is 30.5 Å². The quantitative estimate of drug-likeness (QED) is 0.284. The third-order valence-electron chi connectivity index (χ3n) is 10.1. The van der Waals surface area contributed by atoms with Crippen LogP contribution in [0, 0.1) is 12.3 Å². The fourth-order valence-electron chi connectivity index (χ4n) is 6.99. The molecule has 0 amide bonds. The summed E-state index contributed by atoms with van der Waals surface area (Å²) in [5.41, 5.74) is 4.99. The topological polar surface area (TPSA) is 91.3 Å². The molecule has 8 nitrogen and oxygen atoms in total. The normalized spacial score (nSPS) is 19.5. The van der Waals surface area contributed by atoms with Gasteiger partial charge in [-0.05, 0) is 74.9 Å². The number of nitrogens with one attached hydrogen (secondary N) is 1. The number of hydrogen-bond acceptors (Lipinski definition) is 5. The molecular formula is C33H39F2N5O3S. The van der Waals surface area contributed by atoms with E-state index in [-0.39, 0.29) is 12.4 Å². The summed E-state index contributed by atoms with van der Waals surface area (Å²) in [6.45, 7) is 6.53. The predicted molar refractivity (Wildman–Crippen MR) is 171 cm³/mol. The molecule has 1 N–H and O–H groups in total. The molecule has 11 heteroatoms. The molecule has 2 saturated heterocycles. The van der Waals surface area contributed by atoms with E-state index < -0.39 is 27.6 Å². The van der Waals surface area contributed by atoms with Gasteiger partial charge in [0.25, 0.3) is 5.56 Å². The number of benzene rings is 1. The molecular weight excluding hydrogens is 584 g/mol. The van der Waals surface area contributed by atoms with Crippen LogP contribution in [-0.2, 0) is 23.5 Å². The summed E-state index contributed by atoms with van der Waals surface area (Å²) >= 11 is 0. The number of aromatic amines is 1. The summed E-state index contributed by atoms with van der Waals surface area (Å²) in [7, 11) is -1.54. The standard InChI is InChI=1S/C33H37F2N5O3S.H2/c1-21-14-24(18-38(3)31(21)41)30-26(16-28(34)35)25-6-4-22(15-27(25)37-30)23-5-7-29(36-17-23)39-19-33(20-39)10-12-40(13-11-33)44(42,43)32(2)8-9-32;/h4-7,14-15,17-18,28,37H,8-13,16,19-20H2,1-3H3;1H. The fraction of sp³-hybridized carbons (Fsp3) is 0.455. The minimum Gasteiger partial charge on any atom is -0.355 e. The number of pyridine rings is 2. The average Bonchev–Trinajstić information content (AvgIpc) is 3.66. The molecule has 234 valence electrons. The second kappa shape index (κ2) is 10.2. The van der Waals surface area contributed by atoms with Crippen molar-refractivity contribution in [3.63, 3.8) is 0 Å². The van der Waals surface area contributed by atoms with Crippen molar-refractivity contribution in [1.29, 1.82) is 0 Å². The molecule has 3 aliphatic rings. The van der Waals surface area contributed by atoms with Crippen molar-refractivity contribution in [2.45, 2.75) is 57.1 Å². The Kier molecular flexibility index (Phi) is 6.78. The van der Waals surface area contributed by atoms with E-state index in [1.165, 1.54) is 4.57 Å². The van der Waals surface area contributed by atoms with Crippen LogP contribution < -0.4 is 10.5 Å². The maximum Gasteiger partial charge on any atom is 0.253 e. The number of piperidine rings is 1. The third-order valence-corrected chi connectivity index (χ3v) is 12.8. The highest BCUT2D eigenvalue weighted by Gasteiger charge is 2.55. The molecule has 3 aromatic heterocycles. The number of anilines is 1. The lowest BCUT2D eigenvalue weighted by atomic mass is 9.72. The lowest BCUT2D eigenvalue weighted by Gasteiger charge is -2.54. The molecule has 1 aromatic carbocycles. The molecule has 44 heavy (non-hydrogen) atoms. The van der Waals surface area contributed by atoms with Gasteiger partial charge in [-0.1, -0.05) is 12.1 Å². The van der Waals surface area contributed by atoms with Crippen molar-refractivity contribution >= 4 is 26.7 Å². The molecule has 4 aromatic rings. The summed E-state index contributed by atoms with van der Waals surface area (Å²) in [5.74, 6) is 0.896. The molecule has 0 unspecified atom stereocenters. The number of alkyl halides is 2. The van der Waals surface area contributed by atoms with Crippen LogP contribution in [0.3, 0.4) is 0 Å². The summed E-state index contributed by atoms with van der Waals surface area (Å²) in [6, 6.07) is 11.5. The van der Waals surface area contributed by atoms with Crippen LogP contribution in [-0.4, -0.2) is 64.6 Å². The Morgan fingerprint density at radius 2 is 1.73 bits per heavy atom. The molecule has 3 fully saturated rings. The monoisotopic (exact) mass is 623 g/mol. The van der Waals surface area contributed by atoms with Crippen molar-refractivity contribution in [2.75, 3.05) is 31.1 Å². The number of aromatic nitrogens is 3. The van der Waals surface area contributed by atoms with Crippen molar-refractivity contribution in [1.82, 2.24) is 18.8 Å². The number of halogens is 2. The Hall–Kier alpha value is -3.57. The summed E-state index contributed by atoms with van der Waals surface area (Å²) in [5, 5.41) is 0.732. The average molecular weight is 624 g/mol. The number of hydrogen-bond donors (Lipinski definition) is 1. The van der Waals surface area contributed by atoms with E-state index in [2.05, 4.69) is 9.88 Å². The number of H-pyrrole nitrogens is 1. The molecule has 1 saturated carbocycles. The zero-order valence-corrected chi connectivity index (χ0v) is 26.1. The fourth-order valence-corrected chi connectivity index (χ4v) is 8.90. The summed E-state index contributed by atoms with van der Waals surface area (Å²) in [4.78, 5) is 22.6. The molecule has 5 heterocycles. The van der Waals surface area contributed by atoms with Crippen molar-refractivity contribution < 1.29 is 18.6 Å². The Morgan fingerprint density at radius 1 is 1.02 bits per heavy atom. The van der Waals surface area contributed by atoms with Gasteiger partial charge in [-0.3, -0.25) is 4.79 Å². The van der Waals surface area contributed by atoms with Crippen LogP contribution in [0.1, 0.15) is 45.2 Å². The van der Waals surface area contributed by atoms with E-state index in [0.29, 0.717) is 35.5 Å². The van der Waals surface area contributed by atoms with Gasteiger partial charge in [0.15, 0.2) is 0 Å². The highest BCUT2D eigenvalue weighted by atomic mass is 32.2. The summed E-state index contributed by atoms with van der Waals surface area (Å²) < 4.78 is 55.8. The van der Waals surface area contributed by atoms with Crippen molar-refractivity contribution in [2.24, 2.45) is 12.5 Å². The molecule has 7 rings (SSSR count). The lowest BCUT2D eigenvalue weighted by molar-refractivity contribution is 0.113. The van der Waals surface area contributed by atoms with Crippen molar-refractivity contribution in [3.8, 4) is 22.4 Å². The third kappa shape index (κ3) is 4.84. The van der Waals surface area contributed by atoms with Crippen LogP contribution in [0.25, 0.3) is 33.3 Å². The zero-order valence-electron chi connectivity index (χ0n) is 25.2. The van der Waals surface area contributed by atoms with Crippen LogP contribution in [0.5, 0.6) is 0 Å². The highest BCUT2D eigenvalue weighted by molar-refractivity contribution is 7.90. The smallest absolute Gasteiger partial charge is 0.253 e. The Balaban J connectivity index is 0.00000357. The van der Waals surface area contributed by atoms with E-state index >= 15 is 0 Å². The van der Waals surface area contributed by atoms with E-state index in [0.717, 1.165) is 66.6 Å². The number of aryl methyl sites for hydroxylation is 2. The first kappa shape index (κ1) is 29.2. The Labute approximate surface area is 257 Å². The molecule has 0 bridgehead atoms. The Bertz CT molecular complexity index is 1890. The highest BCUT2D eigenvalue weighted by Crippen LogP contribution is 2.48. The van der Waals surface area contributed by atoms with E-state index in [4.69, 9.17) is 4.98 Å². The maximum atomic E-state index is 13.6. The van der Waals surface area contributed by atoms with Gasteiger partial charge in [0.2, 0.25) is 16.4 Å². The van der Waals surface area contributed by atoms with E-state index in [1.807, 2.05) is 43.5 Å². The first-order valence-corrected chi connectivity index (χ1v) is 16.6. The lowest BCUT2D eigenvalue weighted by Crippen LogP contribution is -2.61. The first-order chi connectivity index (χ1) is 20.9. The summed E-state index contributed by atoms with van der Waals surface area (Å²) in [6.07, 6.45) is 3.90. The van der Waals surface area contributed by atoms with Gasteiger partial charge in [-0.15, -0.1) is 0 Å². The number of sulfonamides is 1. The Morgan fingerprint density at radius 3 is 2.34 bits per heavy atom. The van der Waals surface area contributed by atoms with Gasteiger partial charge in [0, 0.05) is 86.5 Å². The minimum absolute atomic E-state index is 0. The van der Waals surface area contributed by atoms with Crippen molar-refractivity contribution in [3.05, 3.63) is 70.3 Å². The number of rotatable bonds is 7. The van der Waals surface area contributed by atoms with Gasteiger partial charge in [0.05, 0.1) is 10.4 Å². The maximum absolute atomic E-state index is 13.6. The molecule has 0 atom stereocenters. The van der Waals surface area contributed by atoms with E-state index in [9.17, 15) is 22.0 Å². The molecule has 0 radical (unpaired) electrons. The minimum atomic E-state index is -3.20. The van der Waals surface area contributed by atoms with Gasteiger partial charge >= 0.3 is 0 Å². The number of fused-ring (bicyclic) bond motifs is 1. The molecule has 2 aliphatic heterocycles. The van der Waals surface area contributed by atoms with Crippen LogP contribution >= 0.6 is 0 Å². The predicted octanol–water partition coefficient (Wildman–Crippen LogP) is 5.74. The second-order valence-electron chi connectivity index (χ2n) is 13.3. The van der Waals surface area contributed by atoms with Gasteiger partial charge in [0.1, 0.15) is 5.82 Å². The van der Waals surface area contributed by atoms with Crippen LogP contribution in [0.15, 0.2) is 53.6 Å². The molecule has 1 aliphatic carbocycles. The van der Waals surface area contributed by atoms with Gasteiger partial charge in [-0.25, -0.2) is 26.5 Å². The second-order valence-corrected chi connectivity index (χ2v) is 15.7. The largest absolute Gasteiger partial charge is 0.355 e. The molecule has 1 spiro atoms. The van der Waals surface area contributed by atoms with Crippen LogP contribution in [0.4, 0.5) is 14.6 Å². The van der Waals surface area contributed by atoms with Gasteiger partial charge < -0.3 is 14.5 Å². The van der Waals surface area contributed by atoms with Gasteiger partial charge in [-0.2, -0.15) is 0 Å². The first-order valence-electron chi connectivity index (χ1n) is 15.2. The zero-order chi connectivity index (χ0) is 31.0. The van der Waals surface area contributed by atoms with Crippen LogP contribution in [0.2, 0.25) is 0 Å². The SMILES string of the molecule is Cc1cc(-c2[nH]c3cc(-c4ccc(N5CC6(CCN(S(=O)(=O)C7(C)CC7)CC6)C5)nc4)ccc3c2CC(F)F)cn(C)c1=O.[HH]. The number of nitrogens with zero attached hydrogens (tertiary/aromatic N) is 4.